The summed E-state index contributed by atoms with van der Waals surface area (Å²) in [7, 11) is 0. The summed E-state index contributed by atoms with van der Waals surface area (Å²) in [4.78, 5) is 13.9. The molecule has 0 fully saturated rings. The predicted molar refractivity (Wildman–Crippen MR) is 68.4 cm³/mol. The first kappa shape index (κ1) is 11.3. The van der Waals surface area contributed by atoms with E-state index in [2.05, 4.69) is 17.1 Å². The minimum Gasteiger partial charge on any atom is -0.211 e. The Labute approximate surface area is 101 Å². The summed E-state index contributed by atoms with van der Waals surface area (Å²) in [6.07, 6.45) is 1.59. The van der Waals surface area contributed by atoms with Crippen molar-refractivity contribution in [3.05, 3.63) is 60.2 Å². The molecule has 2 rings (SSSR count). The van der Waals surface area contributed by atoms with E-state index in [1.165, 1.54) is 5.56 Å². The average Bonchev–Trinajstić information content (AvgIpc) is 2.40. The van der Waals surface area contributed by atoms with Gasteiger partial charge >= 0.3 is 0 Å². The summed E-state index contributed by atoms with van der Waals surface area (Å²) in [6.45, 7) is 1.88. The third-order valence-corrected chi connectivity index (χ3v) is 2.75. The molecule has 0 bridgehead atoms. The summed E-state index contributed by atoms with van der Waals surface area (Å²) >= 11 is 0. The zero-order valence-corrected chi connectivity index (χ0v) is 9.63. The van der Waals surface area contributed by atoms with Crippen molar-refractivity contribution in [2.45, 2.75) is 13.0 Å². The van der Waals surface area contributed by atoms with E-state index >= 15 is 0 Å². The van der Waals surface area contributed by atoms with Gasteiger partial charge < -0.3 is 0 Å². The zero-order valence-electron chi connectivity index (χ0n) is 9.63. The number of rotatable bonds is 3. The number of hydrogen-bond acceptors (Lipinski definition) is 2. The van der Waals surface area contributed by atoms with Crippen molar-refractivity contribution in [3.8, 4) is 11.1 Å². The van der Waals surface area contributed by atoms with E-state index in [0.717, 1.165) is 11.1 Å². The standard InChI is InChI=1S/C15H13NO/c1-12(16-11-17)13-7-9-15(10-8-13)14-5-3-2-4-6-14/h2-10,12H,1H3. The molecule has 0 aliphatic carbocycles. The fourth-order valence-electron chi connectivity index (χ4n) is 1.74. The fraction of sp³-hybridized carbons (Fsp3) is 0.133. The van der Waals surface area contributed by atoms with Crippen molar-refractivity contribution in [2.24, 2.45) is 4.99 Å². The molecule has 0 aliphatic heterocycles. The lowest BCUT2D eigenvalue weighted by atomic mass is 10.0. The van der Waals surface area contributed by atoms with Crippen LogP contribution in [0.1, 0.15) is 18.5 Å². The molecule has 0 radical (unpaired) electrons. The molecule has 0 saturated heterocycles. The van der Waals surface area contributed by atoms with Crippen molar-refractivity contribution in [3.63, 3.8) is 0 Å². The Morgan fingerprint density at radius 2 is 1.53 bits per heavy atom. The molecule has 0 aliphatic rings. The minimum atomic E-state index is -0.127. The highest BCUT2D eigenvalue weighted by atomic mass is 16.1. The summed E-state index contributed by atoms with van der Waals surface area (Å²) in [5, 5.41) is 0. The maximum atomic E-state index is 10.2. The Morgan fingerprint density at radius 1 is 0.941 bits per heavy atom. The number of benzene rings is 2. The normalized spacial score (nSPS) is 11.6. The molecule has 2 heteroatoms. The van der Waals surface area contributed by atoms with Gasteiger partial charge in [0.05, 0.1) is 6.04 Å². The summed E-state index contributed by atoms with van der Waals surface area (Å²) in [6, 6.07) is 18.1. The number of hydrogen-bond donors (Lipinski definition) is 0. The Hall–Kier alpha value is -2.18. The van der Waals surface area contributed by atoms with E-state index in [9.17, 15) is 4.79 Å². The van der Waals surface area contributed by atoms with Gasteiger partial charge in [-0.05, 0) is 23.6 Å². The third-order valence-electron chi connectivity index (χ3n) is 2.75. The zero-order chi connectivity index (χ0) is 12.1. The van der Waals surface area contributed by atoms with Gasteiger partial charge in [0.1, 0.15) is 0 Å². The average molecular weight is 223 g/mol. The maximum absolute atomic E-state index is 10.2. The molecule has 0 N–H and O–H groups in total. The van der Waals surface area contributed by atoms with Gasteiger partial charge in [0.15, 0.2) is 0 Å². The summed E-state index contributed by atoms with van der Waals surface area (Å²) < 4.78 is 0. The molecule has 0 aromatic heterocycles. The lowest BCUT2D eigenvalue weighted by Gasteiger charge is -2.06. The van der Waals surface area contributed by atoms with Crippen molar-refractivity contribution in [1.29, 1.82) is 0 Å². The van der Waals surface area contributed by atoms with Gasteiger partial charge in [-0.15, -0.1) is 0 Å². The van der Waals surface area contributed by atoms with Crippen LogP contribution in [0.25, 0.3) is 11.1 Å². The van der Waals surface area contributed by atoms with Crippen molar-refractivity contribution in [2.75, 3.05) is 0 Å². The molecule has 2 aromatic rings. The van der Waals surface area contributed by atoms with Gasteiger partial charge in [0, 0.05) is 0 Å². The highest BCUT2D eigenvalue weighted by Crippen LogP contribution is 2.22. The predicted octanol–water partition coefficient (Wildman–Crippen LogP) is 3.75. The van der Waals surface area contributed by atoms with Gasteiger partial charge in [-0.3, -0.25) is 0 Å². The van der Waals surface area contributed by atoms with Crippen LogP contribution in [-0.4, -0.2) is 6.08 Å². The molecule has 0 saturated carbocycles. The van der Waals surface area contributed by atoms with Crippen LogP contribution in [-0.2, 0) is 4.79 Å². The molecular weight excluding hydrogens is 210 g/mol. The van der Waals surface area contributed by atoms with E-state index in [4.69, 9.17) is 0 Å². The largest absolute Gasteiger partial charge is 0.235 e. The van der Waals surface area contributed by atoms with Crippen LogP contribution in [0.15, 0.2) is 59.6 Å². The van der Waals surface area contributed by atoms with E-state index in [1.807, 2.05) is 49.4 Å². The number of aliphatic imine (C=N–C) groups is 1. The van der Waals surface area contributed by atoms with Crippen LogP contribution in [0.5, 0.6) is 0 Å². The van der Waals surface area contributed by atoms with Crippen molar-refractivity contribution >= 4 is 6.08 Å². The first-order chi connectivity index (χ1) is 8.31. The number of carbonyl (C=O) groups excluding carboxylic acids is 1. The number of isocyanates is 1. The first-order valence-corrected chi connectivity index (χ1v) is 5.53. The molecule has 84 valence electrons. The van der Waals surface area contributed by atoms with Gasteiger partial charge in [0.25, 0.3) is 0 Å². The smallest absolute Gasteiger partial charge is 0.211 e. The van der Waals surface area contributed by atoms with Crippen LogP contribution in [0, 0.1) is 0 Å². The van der Waals surface area contributed by atoms with Gasteiger partial charge in [-0.1, -0.05) is 54.6 Å². The van der Waals surface area contributed by atoms with E-state index in [0.29, 0.717) is 0 Å². The molecule has 2 aromatic carbocycles. The van der Waals surface area contributed by atoms with Crippen molar-refractivity contribution < 1.29 is 4.79 Å². The Balaban J connectivity index is 2.27. The minimum absolute atomic E-state index is 0.127. The first-order valence-electron chi connectivity index (χ1n) is 5.53. The molecule has 0 spiro atoms. The second-order valence-corrected chi connectivity index (χ2v) is 3.88. The summed E-state index contributed by atoms with van der Waals surface area (Å²) in [5.74, 6) is 0. The quantitative estimate of drug-likeness (QED) is 0.575. The van der Waals surface area contributed by atoms with Gasteiger partial charge in [-0.25, -0.2) is 4.79 Å². The summed E-state index contributed by atoms with van der Waals surface area (Å²) in [5.41, 5.74) is 3.37. The Morgan fingerprint density at radius 3 is 2.12 bits per heavy atom. The molecule has 1 atom stereocenters. The van der Waals surface area contributed by atoms with E-state index in [-0.39, 0.29) is 6.04 Å². The molecule has 17 heavy (non-hydrogen) atoms. The van der Waals surface area contributed by atoms with Crippen LogP contribution in [0.4, 0.5) is 0 Å². The topological polar surface area (TPSA) is 29.4 Å². The molecule has 0 amide bonds. The second-order valence-electron chi connectivity index (χ2n) is 3.88. The number of nitrogens with zero attached hydrogens (tertiary/aromatic N) is 1. The fourth-order valence-corrected chi connectivity index (χ4v) is 1.74. The Kier molecular flexibility index (Phi) is 3.49. The van der Waals surface area contributed by atoms with Gasteiger partial charge in [0.2, 0.25) is 6.08 Å². The maximum Gasteiger partial charge on any atom is 0.235 e. The van der Waals surface area contributed by atoms with Crippen LogP contribution in [0.3, 0.4) is 0 Å². The molecule has 1 unspecified atom stereocenters. The van der Waals surface area contributed by atoms with E-state index in [1.54, 1.807) is 6.08 Å². The van der Waals surface area contributed by atoms with Gasteiger partial charge in [-0.2, -0.15) is 4.99 Å². The molecule has 0 heterocycles. The lowest BCUT2D eigenvalue weighted by Crippen LogP contribution is -1.88. The van der Waals surface area contributed by atoms with E-state index < -0.39 is 0 Å². The van der Waals surface area contributed by atoms with Crippen LogP contribution in [0.2, 0.25) is 0 Å². The molecular formula is C15H13NO. The lowest BCUT2D eigenvalue weighted by molar-refractivity contribution is 0.559. The van der Waals surface area contributed by atoms with Crippen LogP contribution >= 0.6 is 0 Å². The Bertz CT molecular complexity index is 525. The molecule has 2 nitrogen and oxygen atoms in total. The highest BCUT2D eigenvalue weighted by Gasteiger charge is 2.03. The second kappa shape index (κ2) is 5.24. The highest BCUT2D eigenvalue weighted by molar-refractivity contribution is 5.63. The van der Waals surface area contributed by atoms with Crippen molar-refractivity contribution in [1.82, 2.24) is 0 Å². The third kappa shape index (κ3) is 2.68. The SMILES string of the molecule is CC(N=C=O)c1ccc(-c2ccccc2)cc1. The van der Waals surface area contributed by atoms with Crippen LogP contribution < -0.4 is 0 Å². The monoisotopic (exact) mass is 223 g/mol.